The highest BCUT2D eigenvalue weighted by molar-refractivity contribution is 9.10. The number of carbonyl (C=O) groups is 1. The van der Waals surface area contributed by atoms with Gasteiger partial charge in [-0.3, -0.25) is 4.79 Å². The lowest BCUT2D eigenvalue weighted by atomic mass is 10.2. The van der Waals surface area contributed by atoms with Crippen molar-refractivity contribution in [3.05, 3.63) is 21.9 Å². The summed E-state index contributed by atoms with van der Waals surface area (Å²) < 4.78 is 24.9. The zero-order chi connectivity index (χ0) is 9.35. The van der Waals surface area contributed by atoms with E-state index in [4.69, 9.17) is 0 Å². The Kier molecular flexibility index (Phi) is 2.63. The largest absolute Gasteiger partial charge is 0.363 e. The summed E-state index contributed by atoms with van der Waals surface area (Å²) in [6.45, 7) is 1.63. The summed E-state index contributed by atoms with van der Waals surface area (Å²) in [7, 11) is 0. The van der Waals surface area contributed by atoms with Gasteiger partial charge in [0.1, 0.15) is 0 Å². The van der Waals surface area contributed by atoms with Gasteiger partial charge in [-0.25, -0.2) is 0 Å². The Labute approximate surface area is 80.5 Å². The van der Waals surface area contributed by atoms with Crippen molar-refractivity contribution < 1.29 is 13.6 Å². The molecule has 1 aromatic heterocycles. The highest BCUT2D eigenvalue weighted by atomic mass is 79.9. The number of alkyl halides is 3. The summed E-state index contributed by atoms with van der Waals surface area (Å²) in [5.41, 5.74) is 0.587. The number of rotatable bonds is 2. The second-order valence-corrected chi connectivity index (χ2v) is 4.17. The Bertz CT molecular complexity index is 303. The third-order valence-corrected chi connectivity index (χ3v) is 2.70. The molecule has 5 heteroatoms. The van der Waals surface area contributed by atoms with E-state index in [0.29, 0.717) is 5.56 Å². The molecule has 0 saturated heterocycles. The second-order valence-electron chi connectivity index (χ2n) is 2.26. The van der Waals surface area contributed by atoms with Gasteiger partial charge in [0, 0.05) is 0 Å². The number of aryl methyl sites for hydroxylation is 1. The van der Waals surface area contributed by atoms with Crippen LogP contribution in [0.2, 0.25) is 0 Å². The first-order valence-electron chi connectivity index (χ1n) is 3.08. The molecule has 0 aliphatic heterocycles. The normalized spacial score (nSPS) is 11.7. The van der Waals surface area contributed by atoms with Gasteiger partial charge in [0.05, 0.1) is 4.88 Å². The molecule has 1 nitrogen and oxygen atoms in total. The first-order valence-corrected chi connectivity index (χ1v) is 4.76. The zero-order valence-corrected chi connectivity index (χ0v) is 8.51. The minimum absolute atomic E-state index is 0.108. The first-order chi connectivity index (χ1) is 5.43. The summed E-state index contributed by atoms with van der Waals surface area (Å²) in [4.78, 5) is 7.63. The molecule has 0 atom stereocenters. The predicted octanol–water partition coefficient (Wildman–Crippen LogP) is 3.23. The lowest BCUT2D eigenvalue weighted by Gasteiger charge is -2.04. The third-order valence-electron chi connectivity index (χ3n) is 1.33. The standard InChI is InChI=1S/C7H5BrF2OS/c1-4-2-3-12-5(4)6(11)7(8,9)10/h2-3H,1H3. The minimum atomic E-state index is -3.44. The SMILES string of the molecule is Cc1ccsc1C(=O)C(F)(F)Br. The molecule has 0 bridgehead atoms. The van der Waals surface area contributed by atoms with Crippen molar-refractivity contribution in [1.29, 1.82) is 0 Å². The van der Waals surface area contributed by atoms with Crippen molar-refractivity contribution in [3.63, 3.8) is 0 Å². The Morgan fingerprint density at radius 2 is 2.25 bits per heavy atom. The third kappa shape index (κ3) is 1.90. The fourth-order valence-corrected chi connectivity index (χ4v) is 1.96. The molecule has 0 aliphatic carbocycles. The molecular formula is C7H5BrF2OS. The van der Waals surface area contributed by atoms with Crippen LogP contribution in [0.5, 0.6) is 0 Å². The summed E-state index contributed by atoms with van der Waals surface area (Å²) in [6, 6.07) is 1.64. The van der Waals surface area contributed by atoms with Gasteiger partial charge in [-0.2, -0.15) is 8.78 Å². The molecule has 0 unspecified atom stereocenters. The number of ketones is 1. The number of carbonyl (C=O) groups excluding carboxylic acids is 1. The molecule has 0 aromatic carbocycles. The van der Waals surface area contributed by atoms with Gasteiger partial charge >= 0.3 is 4.83 Å². The van der Waals surface area contributed by atoms with Crippen LogP contribution in [0, 0.1) is 6.92 Å². The molecule has 0 aliphatic rings. The van der Waals surface area contributed by atoms with Gasteiger partial charge in [-0.05, 0) is 39.9 Å². The molecule has 0 saturated carbocycles. The maximum absolute atomic E-state index is 12.4. The molecule has 12 heavy (non-hydrogen) atoms. The summed E-state index contributed by atoms with van der Waals surface area (Å²) in [5, 5.41) is 1.61. The maximum Gasteiger partial charge on any atom is 0.363 e. The van der Waals surface area contributed by atoms with Crippen molar-refractivity contribution in [2.75, 3.05) is 0 Å². The molecule has 0 spiro atoms. The first kappa shape index (κ1) is 9.80. The van der Waals surface area contributed by atoms with Crippen molar-refractivity contribution in [1.82, 2.24) is 0 Å². The fraction of sp³-hybridized carbons (Fsp3) is 0.286. The van der Waals surface area contributed by atoms with Crippen molar-refractivity contribution >= 4 is 33.0 Å². The van der Waals surface area contributed by atoms with Crippen LogP contribution in [0.1, 0.15) is 15.2 Å². The lowest BCUT2D eigenvalue weighted by Crippen LogP contribution is -2.20. The number of Topliss-reactive ketones (excluding diaryl/α,β-unsaturated/α-hetero) is 1. The van der Waals surface area contributed by atoms with E-state index in [1.165, 1.54) is 0 Å². The molecule has 0 radical (unpaired) electrons. The quantitative estimate of drug-likeness (QED) is 0.585. The van der Waals surface area contributed by atoms with Crippen LogP contribution in [0.4, 0.5) is 8.78 Å². The monoisotopic (exact) mass is 254 g/mol. The van der Waals surface area contributed by atoms with Crippen LogP contribution >= 0.6 is 27.3 Å². The molecule has 1 rings (SSSR count). The lowest BCUT2D eigenvalue weighted by molar-refractivity contribution is 0.0596. The molecule has 0 amide bonds. The Hall–Kier alpha value is -0.290. The minimum Gasteiger partial charge on any atom is -0.285 e. The van der Waals surface area contributed by atoms with Crippen LogP contribution in [0.25, 0.3) is 0 Å². The molecule has 0 N–H and O–H groups in total. The van der Waals surface area contributed by atoms with E-state index in [2.05, 4.69) is 0 Å². The second kappa shape index (κ2) is 3.22. The van der Waals surface area contributed by atoms with E-state index < -0.39 is 10.6 Å². The number of hydrogen-bond donors (Lipinski definition) is 0. The maximum atomic E-state index is 12.4. The fourth-order valence-electron chi connectivity index (χ4n) is 0.734. The van der Waals surface area contributed by atoms with E-state index in [0.717, 1.165) is 11.3 Å². The molecule has 1 heterocycles. The van der Waals surface area contributed by atoms with Crippen LogP contribution in [-0.2, 0) is 0 Å². The average Bonchev–Trinajstić information content (AvgIpc) is 2.31. The number of thiophene rings is 1. The molecule has 66 valence electrons. The Morgan fingerprint density at radius 1 is 1.67 bits per heavy atom. The van der Waals surface area contributed by atoms with Gasteiger partial charge in [-0.1, -0.05) is 0 Å². The Morgan fingerprint density at radius 3 is 2.58 bits per heavy atom. The van der Waals surface area contributed by atoms with Gasteiger partial charge in [-0.15, -0.1) is 11.3 Å². The van der Waals surface area contributed by atoms with Gasteiger partial charge in [0.15, 0.2) is 0 Å². The molecule has 0 fully saturated rings. The van der Waals surface area contributed by atoms with Crippen LogP contribution in [0.15, 0.2) is 11.4 Å². The van der Waals surface area contributed by atoms with Crippen molar-refractivity contribution in [2.45, 2.75) is 11.8 Å². The molecule has 1 aromatic rings. The predicted molar refractivity (Wildman–Crippen MR) is 47.3 cm³/mol. The van der Waals surface area contributed by atoms with E-state index >= 15 is 0 Å². The van der Waals surface area contributed by atoms with Crippen molar-refractivity contribution in [3.8, 4) is 0 Å². The van der Waals surface area contributed by atoms with E-state index in [-0.39, 0.29) is 4.88 Å². The topological polar surface area (TPSA) is 17.1 Å². The summed E-state index contributed by atoms with van der Waals surface area (Å²) in [5.74, 6) is -1.17. The molecular weight excluding hydrogens is 250 g/mol. The Balaban J connectivity index is 3.01. The highest BCUT2D eigenvalue weighted by Crippen LogP contribution is 2.30. The number of halogens is 3. The zero-order valence-electron chi connectivity index (χ0n) is 6.11. The average molecular weight is 255 g/mol. The van der Waals surface area contributed by atoms with Crippen molar-refractivity contribution in [2.24, 2.45) is 0 Å². The number of hydrogen-bond acceptors (Lipinski definition) is 2. The van der Waals surface area contributed by atoms with E-state index in [1.807, 2.05) is 15.9 Å². The van der Waals surface area contributed by atoms with Gasteiger partial charge in [0.25, 0.3) is 5.78 Å². The summed E-state index contributed by atoms with van der Waals surface area (Å²) in [6.07, 6.45) is 0. The van der Waals surface area contributed by atoms with E-state index in [1.54, 1.807) is 18.4 Å². The summed E-state index contributed by atoms with van der Waals surface area (Å²) >= 11 is 3.05. The highest BCUT2D eigenvalue weighted by Gasteiger charge is 2.37. The van der Waals surface area contributed by atoms with Gasteiger partial charge in [0.2, 0.25) is 0 Å². The smallest absolute Gasteiger partial charge is 0.285 e. The van der Waals surface area contributed by atoms with Crippen LogP contribution < -0.4 is 0 Å². The van der Waals surface area contributed by atoms with Crippen LogP contribution in [-0.4, -0.2) is 10.6 Å². The van der Waals surface area contributed by atoms with E-state index in [9.17, 15) is 13.6 Å². The van der Waals surface area contributed by atoms with Gasteiger partial charge < -0.3 is 0 Å². The van der Waals surface area contributed by atoms with Crippen LogP contribution in [0.3, 0.4) is 0 Å².